The molecule has 1 saturated heterocycles. The van der Waals surface area contributed by atoms with Crippen LogP contribution in [-0.4, -0.2) is 55.7 Å². The van der Waals surface area contributed by atoms with E-state index in [-0.39, 0.29) is 42.9 Å². The zero-order chi connectivity index (χ0) is 20.0. The number of piperidine rings is 1. The molecular weight excluding hydrogens is 496 g/mol. The van der Waals surface area contributed by atoms with Gasteiger partial charge in [0, 0.05) is 31.7 Å². The number of nitrogens with zero attached hydrogens (tertiary/aromatic N) is 2. The van der Waals surface area contributed by atoms with Crippen LogP contribution in [0.1, 0.15) is 38.2 Å². The number of benzene rings is 1. The van der Waals surface area contributed by atoms with Gasteiger partial charge in [0.25, 0.3) is 0 Å². The molecule has 1 aliphatic heterocycles. The summed E-state index contributed by atoms with van der Waals surface area (Å²) in [6, 6.07) is 6.43. The van der Waals surface area contributed by atoms with Crippen LogP contribution in [0.25, 0.3) is 0 Å². The highest BCUT2D eigenvalue weighted by atomic mass is 127. The minimum Gasteiger partial charge on any atom is -0.491 e. The molecule has 1 saturated carbocycles. The fraction of sp³-hybridized carbons (Fsp3) is 0.650. The van der Waals surface area contributed by atoms with Crippen molar-refractivity contribution < 1.29 is 17.9 Å². The van der Waals surface area contributed by atoms with E-state index >= 15 is 0 Å². The zero-order valence-electron chi connectivity index (χ0n) is 16.7. The Bertz CT molecular complexity index is 659. The molecular formula is C20H30F3IN4O. The van der Waals surface area contributed by atoms with Crippen LogP contribution in [0.15, 0.2) is 29.3 Å². The third-order valence-corrected chi connectivity index (χ3v) is 5.09. The SMILES string of the molecule is CCNC(=NCCOc1ccccc1C(F)(F)F)NC1CCN(C2CC2)CC1.I. The van der Waals surface area contributed by atoms with Crippen molar-refractivity contribution in [3.63, 3.8) is 0 Å². The molecule has 164 valence electrons. The van der Waals surface area contributed by atoms with Gasteiger partial charge in [-0.25, -0.2) is 4.99 Å². The summed E-state index contributed by atoms with van der Waals surface area (Å²) in [5.41, 5.74) is -0.758. The van der Waals surface area contributed by atoms with Gasteiger partial charge in [0.15, 0.2) is 5.96 Å². The maximum Gasteiger partial charge on any atom is 0.419 e. The molecule has 29 heavy (non-hydrogen) atoms. The summed E-state index contributed by atoms with van der Waals surface area (Å²) < 4.78 is 44.3. The van der Waals surface area contributed by atoms with Gasteiger partial charge < -0.3 is 20.3 Å². The average Bonchev–Trinajstić information content (AvgIpc) is 3.51. The van der Waals surface area contributed by atoms with E-state index in [2.05, 4.69) is 20.5 Å². The fourth-order valence-corrected chi connectivity index (χ4v) is 3.50. The van der Waals surface area contributed by atoms with Crippen molar-refractivity contribution in [3.05, 3.63) is 29.8 Å². The van der Waals surface area contributed by atoms with E-state index in [0.29, 0.717) is 12.0 Å². The smallest absolute Gasteiger partial charge is 0.419 e. The van der Waals surface area contributed by atoms with Gasteiger partial charge in [-0.2, -0.15) is 13.2 Å². The van der Waals surface area contributed by atoms with Crippen LogP contribution >= 0.6 is 24.0 Å². The highest BCUT2D eigenvalue weighted by molar-refractivity contribution is 14.0. The van der Waals surface area contributed by atoms with Crippen molar-refractivity contribution in [2.45, 2.75) is 50.9 Å². The predicted molar refractivity (Wildman–Crippen MR) is 119 cm³/mol. The Labute approximate surface area is 187 Å². The molecule has 0 bridgehead atoms. The number of alkyl halides is 3. The monoisotopic (exact) mass is 526 g/mol. The number of ether oxygens (including phenoxy) is 1. The van der Waals surface area contributed by atoms with Crippen molar-refractivity contribution in [1.29, 1.82) is 0 Å². The highest BCUT2D eigenvalue weighted by Gasteiger charge is 2.34. The van der Waals surface area contributed by atoms with Gasteiger partial charge >= 0.3 is 6.18 Å². The maximum absolute atomic E-state index is 13.0. The molecule has 9 heteroatoms. The fourth-order valence-electron chi connectivity index (χ4n) is 3.50. The van der Waals surface area contributed by atoms with E-state index in [1.807, 2.05) is 6.92 Å². The molecule has 0 aromatic heterocycles. The van der Waals surface area contributed by atoms with Crippen molar-refractivity contribution in [2.75, 3.05) is 32.8 Å². The molecule has 1 heterocycles. The number of aliphatic imine (C=N–C) groups is 1. The number of hydrogen-bond acceptors (Lipinski definition) is 3. The molecule has 0 unspecified atom stereocenters. The maximum atomic E-state index is 13.0. The van der Waals surface area contributed by atoms with Gasteiger partial charge in [0.2, 0.25) is 0 Å². The van der Waals surface area contributed by atoms with Crippen LogP contribution in [-0.2, 0) is 6.18 Å². The number of rotatable bonds is 7. The molecule has 1 aromatic carbocycles. The number of likely N-dealkylation sites (tertiary alicyclic amines) is 1. The topological polar surface area (TPSA) is 48.9 Å². The first-order valence-electron chi connectivity index (χ1n) is 10.0. The lowest BCUT2D eigenvalue weighted by Crippen LogP contribution is -2.49. The molecule has 2 fully saturated rings. The Morgan fingerprint density at radius 3 is 2.48 bits per heavy atom. The van der Waals surface area contributed by atoms with Crippen LogP contribution in [0.2, 0.25) is 0 Å². The second kappa shape index (κ2) is 11.2. The molecule has 3 rings (SSSR count). The van der Waals surface area contributed by atoms with Crippen LogP contribution in [0, 0.1) is 0 Å². The lowest BCUT2D eigenvalue weighted by atomic mass is 10.1. The van der Waals surface area contributed by atoms with Gasteiger partial charge in [-0.1, -0.05) is 12.1 Å². The van der Waals surface area contributed by atoms with Crippen LogP contribution in [0.5, 0.6) is 5.75 Å². The molecule has 0 amide bonds. The standard InChI is InChI=1S/C20H29F3N4O.HI/c1-2-24-19(26-15-9-12-27(13-10-15)16-7-8-16)25-11-14-28-18-6-4-3-5-17(18)20(21,22)23;/h3-6,15-16H,2,7-14H2,1H3,(H2,24,25,26);1H. The molecule has 1 aliphatic carbocycles. The van der Waals surface area contributed by atoms with Crippen LogP contribution < -0.4 is 15.4 Å². The summed E-state index contributed by atoms with van der Waals surface area (Å²) in [5, 5.41) is 6.65. The van der Waals surface area contributed by atoms with Gasteiger partial charge in [0.1, 0.15) is 12.4 Å². The summed E-state index contributed by atoms with van der Waals surface area (Å²) in [6.45, 7) is 5.30. The molecule has 2 N–H and O–H groups in total. The minimum atomic E-state index is -4.42. The third-order valence-electron chi connectivity index (χ3n) is 5.09. The molecule has 0 spiro atoms. The van der Waals surface area contributed by atoms with Crippen molar-refractivity contribution in [2.24, 2.45) is 4.99 Å². The van der Waals surface area contributed by atoms with E-state index in [9.17, 15) is 13.2 Å². The van der Waals surface area contributed by atoms with Crippen molar-refractivity contribution in [3.8, 4) is 5.75 Å². The first-order chi connectivity index (χ1) is 13.5. The van der Waals surface area contributed by atoms with E-state index < -0.39 is 11.7 Å². The quantitative estimate of drug-likeness (QED) is 0.245. The number of guanidine groups is 1. The predicted octanol–water partition coefficient (Wildman–Crippen LogP) is 3.88. The Kier molecular flexibility index (Phi) is 9.32. The van der Waals surface area contributed by atoms with Crippen LogP contribution in [0.3, 0.4) is 0 Å². The Morgan fingerprint density at radius 2 is 1.86 bits per heavy atom. The van der Waals surface area contributed by atoms with E-state index in [0.717, 1.165) is 44.6 Å². The molecule has 0 radical (unpaired) electrons. The second-order valence-corrected chi connectivity index (χ2v) is 7.29. The molecule has 5 nitrogen and oxygen atoms in total. The van der Waals surface area contributed by atoms with Gasteiger partial charge in [-0.15, -0.1) is 24.0 Å². The summed E-state index contributed by atoms with van der Waals surface area (Å²) >= 11 is 0. The Balaban J connectivity index is 0.00000300. The molecule has 0 atom stereocenters. The Hall–Kier alpha value is -1.23. The number of para-hydroxylation sites is 1. The normalized spacial score (nSPS) is 18.8. The van der Waals surface area contributed by atoms with E-state index in [4.69, 9.17) is 4.74 Å². The lowest BCUT2D eigenvalue weighted by Gasteiger charge is -2.33. The zero-order valence-corrected chi connectivity index (χ0v) is 19.0. The first-order valence-corrected chi connectivity index (χ1v) is 10.0. The van der Waals surface area contributed by atoms with E-state index in [1.54, 1.807) is 0 Å². The molecule has 2 aliphatic rings. The van der Waals surface area contributed by atoms with Gasteiger partial charge in [-0.05, 0) is 44.7 Å². The van der Waals surface area contributed by atoms with Crippen molar-refractivity contribution >= 4 is 29.9 Å². The third kappa shape index (κ3) is 7.51. The average molecular weight is 526 g/mol. The van der Waals surface area contributed by atoms with Gasteiger partial charge in [-0.3, -0.25) is 0 Å². The number of halogens is 4. The first kappa shape index (κ1) is 24.0. The minimum absolute atomic E-state index is 0. The second-order valence-electron chi connectivity index (χ2n) is 7.29. The summed E-state index contributed by atoms with van der Waals surface area (Å²) in [5.74, 6) is 0.538. The van der Waals surface area contributed by atoms with Crippen molar-refractivity contribution in [1.82, 2.24) is 15.5 Å². The molecule has 1 aromatic rings. The summed E-state index contributed by atoms with van der Waals surface area (Å²) in [7, 11) is 0. The van der Waals surface area contributed by atoms with Crippen LogP contribution in [0.4, 0.5) is 13.2 Å². The summed E-state index contributed by atoms with van der Waals surface area (Å²) in [6.07, 6.45) is 0.401. The number of nitrogens with one attached hydrogen (secondary N) is 2. The summed E-state index contributed by atoms with van der Waals surface area (Å²) in [4.78, 5) is 7.02. The highest BCUT2D eigenvalue weighted by Crippen LogP contribution is 2.35. The lowest BCUT2D eigenvalue weighted by molar-refractivity contribution is -0.138. The van der Waals surface area contributed by atoms with Gasteiger partial charge in [0.05, 0.1) is 12.1 Å². The van der Waals surface area contributed by atoms with E-state index in [1.165, 1.54) is 31.0 Å². The largest absolute Gasteiger partial charge is 0.491 e. The Morgan fingerprint density at radius 1 is 1.17 bits per heavy atom. The number of hydrogen-bond donors (Lipinski definition) is 2.